The molecule has 2 heterocycles. The molecule has 37 heavy (non-hydrogen) atoms. The van der Waals surface area contributed by atoms with Gasteiger partial charge in [-0.25, -0.2) is 4.39 Å². The Morgan fingerprint density at radius 1 is 1.11 bits per heavy atom. The normalized spacial score (nSPS) is 29.3. The van der Waals surface area contributed by atoms with E-state index >= 15 is 4.39 Å². The number of hydrogen-bond donors (Lipinski definition) is 1. The molecule has 1 saturated heterocycles. The van der Waals surface area contributed by atoms with E-state index in [9.17, 15) is 9.90 Å². The van der Waals surface area contributed by atoms with Gasteiger partial charge in [0.1, 0.15) is 11.5 Å². The Labute approximate surface area is 217 Å². The van der Waals surface area contributed by atoms with E-state index in [0.29, 0.717) is 56.6 Å². The average Bonchev–Trinajstić information content (AvgIpc) is 3.30. The molecule has 7 nitrogen and oxygen atoms in total. The van der Waals surface area contributed by atoms with Crippen molar-refractivity contribution in [3.05, 3.63) is 53.5 Å². The van der Waals surface area contributed by atoms with Gasteiger partial charge in [-0.1, -0.05) is 35.5 Å². The third-order valence-electron chi connectivity index (χ3n) is 7.97. The van der Waals surface area contributed by atoms with Crippen LogP contribution >= 0.6 is 0 Å². The zero-order valence-electron chi connectivity index (χ0n) is 21.7. The lowest BCUT2D eigenvalue weighted by Gasteiger charge is -2.48. The van der Waals surface area contributed by atoms with Crippen LogP contribution in [0.4, 0.5) is 4.39 Å². The number of allylic oxidation sites excluding steroid dienone is 2. The molecule has 2 aliphatic heterocycles. The standard InChI is InChI=1S/C29H37FN2O5/c1-3-35-24-15-28(30,16-25(36-4-2)26(24)21-8-6-5-7-9-21)17-32-18-29(19-32)14-23(31-37-29)20-10-12-22(13-11-20)27(33)34/h5-9,15,20,22H,3-4,10-14,16-19H2,1-2H3,(H,33,34). The second-order valence-corrected chi connectivity index (χ2v) is 10.8. The molecular weight excluding hydrogens is 475 g/mol. The maximum Gasteiger partial charge on any atom is 0.306 e. The van der Waals surface area contributed by atoms with Gasteiger partial charge in [-0.2, -0.15) is 0 Å². The summed E-state index contributed by atoms with van der Waals surface area (Å²) in [6.45, 7) is 6.17. The van der Waals surface area contributed by atoms with E-state index in [1.54, 1.807) is 6.08 Å². The average molecular weight is 513 g/mol. The van der Waals surface area contributed by atoms with Crippen molar-refractivity contribution in [1.82, 2.24) is 4.90 Å². The molecule has 8 heteroatoms. The highest BCUT2D eigenvalue weighted by atomic mass is 19.1. The number of carboxylic acids is 1. The zero-order chi connectivity index (χ0) is 26.0. The molecular formula is C29H37FN2O5. The van der Waals surface area contributed by atoms with Gasteiger partial charge in [0, 0.05) is 38.4 Å². The summed E-state index contributed by atoms with van der Waals surface area (Å²) in [7, 11) is 0. The molecule has 1 aromatic carbocycles. The fourth-order valence-corrected chi connectivity index (χ4v) is 6.29. The van der Waals surface area contributed by atoms with E-state index in [1.165, 1.54) is 0 Å². The van der Waals surface area contributed by atoms with Gasteiger partial charge in [-0.3, -0.25) is 9.69 Å². The first kappa shape index (κ1) is 25.8. The highest BCUT2D eigenvalue weighted by molar-refractivity contribution is 5.89. The van der Waals surface area contributed by atoms with Gasteiger partial charge in [-0.15, -0.1) is 0 Å². The second kappa shape index (κ2) is 10.5. The number of aliphatic carboxylic acids is 1. The number of alkyl halides is 1. The number of nitrogens with zero attached hydrogens (tertiary/aromatic N) is 2. The molecule has 2 fully saturated rings. The summed E-state index contributed by atoms with van der Waals surface area (Å²) in [6, 6.07) is 9.87. The minimum absolute atomic E-state index is 0.153. The van der Waals surface area contributed by atoms with Crippen LogP contribution in [-0.4, -0.2) is 65.8 Å². The molecule has 0 radical (unpaired) electrons. The summed E-state index contributed by atoms with van der Waals surface area (Å²) in [5, 5.41) is 13.7. The number of ether oxygens (including phenoxy) is 2. The summed E-state index contributed by atoms with van der Waals surface area (Å²) in [5.74, 6) is 0.507. The molecule has 1 atom stereocenters. The van der Waals surface area contributed by atoms with Crippen LogP contribution in [-0.2, 0) is 19.1 Å². The number of carboxylic acid groups (broad SMARTS) is 1. The van der Waals surface area contributed by atoms with Crippen LogP contribution in [0.25, 0.3) is 5.57 Å². The predicted octanol–water partition coefficient (Wildman–Crippen LogP) is 5.19. The van der Waals surface area contributed by atoms with Gasteiger partial charge in [0.25, 0.3) is 0 Å². The van der Waals surface area contributed by atoms with Crippen molar-refractivity contribution in [1.29, 1.82) is 0 Å². The molecule has 1 spiro atoms. The summed E-state index contributed by atoms with van der Waals surface area (Å²) in [5.41, 5.74) is 0.824. The monoisotopic (exact) mass is 512 g/mol. The first-order chi connectivity index (χ1) is 17.8. The molecule has 1 N–H and O–H groups in total. The Bertz CT molecular complexity index is 1090. The van der Waals surface area contributed by atoms with E-state index in [2.05, 4.69) is 10.1 Å². The molecule has 1 unspecified atom stereocenters. The second-order valence-electron chi connectivity index (χ2n) is 10.8. The zero-order valence-corrected chi connectivity index (χ0v) is 21.7. The number of hydrogen-bond acceptors (Lipinski definition) is 6. The van der Waals surface area contributed by atoms with Crippen molar-refractivity contribution in [3.63, 3.8) is 0 Å². The van der Waals surface area contributed by atoms with E-state index in [1.807, 2.05) is 44.2 Å². The van der Waals surface area contributed by atoms with E-state index in [0.717, 1.165) is 36.1 Å². The third kappa shape index (κ3) is 5.40. The van der Waals surface area contributed by atoms with Crippen LogP contribution in [0, 0.1) is 11.8 Å². The van der Waals surface area contributed by atoms with Crippen LogP contribution in [0.1, 0.15) is 57.9 Å². The molecule has 2 aliphatic carbocycles. The Morgan fingerprint density at radius 2 is 1.81 bits per heavy atom. The molecule has 4 aliphatic rings. The smallest absolute Gasteiger partial charge is 0.306 e. The summed E-state index contributed by atoms with van der Waals surface area (Å²) in [6.07, 6.45) is 5.59. The van der Waals surface area contributed by atoms with Crippen LogP contribution in [0.2, 0.25) is 0 Å². The summed E-state index contributed by atoms with van der Waals surface area (Å²) >= 11 is 0. The lowest BCUT2D eigenvalue weighted by molar-refractivity contribution is -0.142. The van der Waals surface area contributed by atoms with Crippen LogP contribution in [0.15, 0.2) is 53.1 Å². The summed E-state index contributed by atoms with van der Waals surface area (Å²) < 4.78 is 28.3. The number of benzene rings is 1. The number of halogens is 1. The van der Waals surface area contributed by atoms with E-state index in [4.69, 9.17) is 14.3 Å². The van der Waals surface area contributed by atoms with Crippen LogP contribution in [0.5, 0.6) is 0 Å². The molecule has 0 bridgehead atoms. The molecule has 1 saturated carbocycles. The van der Waals surface area contributed by atoms with E-state index in [-0.39, 0.29) is 24.5 Å². The molecule has 0 amide bonds. The van der Waals surface area contributed by atoms with Gasteiger partial charge >= 0.3 is 5.97 Å². The van der Waals surface area contributed by atoms with Gasteiger partial charge in [0.05, 0.1) is 30.4 Å². The first-order valence-corrected chi connectivity index (χ1v) is 13.5. The topological polar surface area (TPSA) is 80.6 Å². The number of carbonyl (C=O) groups is 1. The summed E-state index contributed by atoms with van der Waals surface area (Å²) in [4.78, 5) is 19.2. The Morgan fingerprint density at radius 3 is 2.46 bits per heavy atom. The largest absolute Gasteiger partial charge is 0.497 e. The van der Waals surface area contributed by atoms with Gasteiger partial charge < -0.3 is 19.4 Å². The van der Waals surface area contributed by atoms with Gasteiger partial charge in [-0.05, 0) is 51.2 Å². The highest BCUT2D eigenvalue weighted by Gasteiger charge is 2.53. The van der Waals surface area contributed by atoms with Crippen molar-refractivity contribution >= 4 is 17.3 Å². The van der Waals surface area contributed by atoms with Crippen molar-refractivity contribution < 1.29 is 28.6 Å². The van der Waals surface area contributed by atoms with Crippen molar-refractivity contribution in [3.8, 4) is 0 Å². The maximum atomic E-state index is 16.4. The van der Waals surface area contributed by atoms with Crippen LogP contribution in [0.3, 0.4) is 0 Å². The van der Waals surface area contributed by atoms with Crippen molar-refractivity contribution in [2.45, 2.75) is 63.6 Å². The SMILES string of the molecule is CCOC1=CC(F)(CN2CC3(CC(C4CCC(C(=O)O)CC4)=NO3)C2)CC(OCC)=C1c1ccccc1. The minimum atomic E-state index is -1.62. The highest BCUT2D eigenvalue weighted by Crippen LogP contribution is 2.44. The fourth-order valence-electron chi connectivity index (χ4n) is 6.29. The fraction of sp³-hybridized carbons (Fsp3) is 0.586. The van der Waals surface area contributed by atoms with Crippen molar-refractivity contribution in [2.24, 2.45) is 17.0 Å². The molecule has 0 aromatic heterocycles. The quantitative estimate of drug-likeness (QED) is 0.491. The number of rotatable bonds is 9. The minimum Gasteiger partial charge on any atom is -0.497 e. The Kier molecular flexibility index (Phi) is 7.30. The molecule has 1 aromatic rings. The third-order valence-corrected chi connectivity index (χ3v) is 7.97. The maximum absolute atomic E-state index is 16.4. The lowest BCUT2D eigenvalue weighted by Crippen LogP contribution is -2.64. The predicted molar refractivity (Wildman–Crippen MR) is 139 cm³/mol. The van der Waals surface area contributed by atoms with Gasteiger partial charge in [0.2, 0.25) is 0 Å². The van der Waals surface area contributed by atoms with E-state index < -0.39 is 11.6 Å². The Balaban J connectivity index is 1.22. The number of oxime groups is 1. The lowest BCUT2D eigenvalue weighted by atomic mass is 9.76. The Hall–Kier alpha value is -2.87. The number of likely N-dealkylation sites (tertiary alicyclic amines) is 1. The van der Waals surface area contributed by atoms with Gasteiger partial charge in [0.15, 0.2) is 11.3 Å². The molecule has 5 rings (SSSR count). The molecule has 200 valence electrons. The first-order valence-electron chi connectivity index (χ1n) is 13.5. The van der Waals surface area contributed by atoms with Crippen LogP contribution < -0.4 is 0 Å². The van der Waals surface area contributed by atoms with Crippen molar-refractivity contribution in [2.75, 3.05) is 32.8 Å².